The van der Waals surface area contributed by atoms with Gasteiger partial charge in [0, 0.05) is 41.9 Å². The van der Waals surface area contributed by atoms with Crippen LogP contribution in [-0.2, 0) is 0 Å². The monoisotopic (exact) mass is 358 g/mol. The second-order valence-corrected chi connectivity index (χ2v) is 6.38. The zero-order valence-corrected chi connectivity index (χ0v) is 14.2. The van der Waals surface area contributed by atoms with Gasteiger partial charge in [-0.05, 0) is 36.8 Å². The maximum absolute atomic E-state index is 12.7. The molecule has 0 spiro atoms. The van der Waals surface area contributed by atoms with Crippen LogP contribution in [0.4, 0.5) is 5.69 Å². The van der Waals surface area contributed by atoms with Crippen LogP contribution in [0.2, 0.25) is 0 Å². The molecule has 4 heteroatoms. The Morgan fingerprint density at radius 3 is 2.32 bits per heavy atom. The number of halogens is 1. The van der Waals surface area contributed by atoms with Crippen LogP contribution in [0.25, 0.3) is 0 Å². The third kappa shape index (κ3) is 3.02. The van der Waals surface area contributed by atoms with E-state index >= 15 is 0 Å². The number of nitrogens with zero attached hydrogens (tertiary/aromatic N) is 2. The molecule has 114 valence electrons. The predicted molar refractivity (Wildman–Crippen MR) is 93.4 cm³/mol. The first-order chi connectivity index (χ1) is 10.7. The number of amides is 1. The van der Waals surface area contributed by atoms with Crippen molar-refractivity contribution in [2.75, 3.05) is 31.1 Å². The summed E-state index contributed by atoms with van der Waals surface area (Å²) in [6.07, 6.45) is 0. The van der Waals surface area contributed by atoms with Crippen LogP contribution < -0.4 is 4.90 Å². The van der Waals surface area contributed by atoms with Crippen molar-refractivity contribution < 1.29 is 4.79 Å². The molecule has 1 saturated heterocycles. The number of para-hydroxylation sites is 1. The van der Waals surface area contributed by atoms with E-state index in [2.05, 4.69) is 45.1 Å². The van der Waals surface area contributed by atoms with Gasteiger partial charge in [-0.15, -0.1) is 0 Å². The number of hydrogen-bond acceptors (Lipinski definition) is 2. The first-order valence-electron chi connectivity index (χ1n) is 7.51. The molecule has 1 amide bonds. The Hall–Kier alpha value is -1.81. The summed E-state index contributed by atoms with van der Waals surface area (Å²) < 4.78 is 0.987. The van der Waals surface area contributed by atoms with Crippen molar-refractivity contribution in [3.8, 4) is 0 Å². The quantitative estimate of drug-likeness (QED) is 0.816. The van der Waals surface area contributed by atoms with Crippen LogP contribution in [0.15, 0.2) is 53.0 Å². The first kappa shape index (κ1) is 15.1. The first-order valence-corrected chi connectivity index (χ1v) is 8.30. The van der Waals surface area contributed by atoms with Gasteiger partial charge < -0.3 is 9.80 Å². The lowest BCUT2D eigenvalue weighted by molar-refractivity contribution is 0.0746. The van der Waals surface area contributed by atoms with Crippen LogP contribution in [0.5, 0.6) is 0 Å². The van der Waals surface area contributed by atoms with E-state index < -0.39 is 0 Å². The SMILES string of the molecule is Cc1c(Br)cccc1C(=O)N1CCN(c2ccccc2)CC1. The van der Waals surface area contributed by atoms with Crippen molar-refractivity contribution in [3.05, 3.63) is 64.1 Å². The Bertz CT molecular complexity index is 664. The Morgan fingerprint density at radius 2 is 1.64 bits per heavy atom. The largest absolute Gasteiger partial charge is 0.368 e. The molecule has 0 unspecified atom stereocenters. The van der Waals surface area contributed by atoms with Gasteiger partial charge in [0.2, 0.25) is 0 Å². The highest BCUT2D eigenvalue weighted by Gasteiger charge is 2.23. The molecule has 0 N–H and O–H groups in total. The van der Waals surface area contributed by atoms with Gasteiger partial charge in [-0.3, -0.25) is 4.79 Å². The Morgan fingerprint density at radius 1 is 0.955 bits per heavy atom. The van der Waals surface area contributed by atoms with Gasteiger partial charge in [0.25, 0.3) is 5.91 Å². The van der Waals surface area contributed by atoms with E-state index in [9.17, 15) is 4.79 Å². The zero-order chi connectivity index (χ0) is 15.5. The van der Waals surface area contributed by atoms with Crippen molar-refractivity contribution in [1.82, 2.24) is 4.90 Å². The molecule has 3 nitrogen and oxygen atoms in total. The number of rotatable bonds is 2. The molecule has 1 fully saturated rings. The van der Waals surface area contributed by atoms with Crippen LogP contribution in [0.3, 0.4) is 0 Å². The summed E-state index contributed by atoms with van der Waals surface area (Å²) in [5.41, 5.74) is 3.04. The van der Waals surface area contributed by atoms with E-state index in [1.165, 1.54) is 5.69 Å². The van der Waals surface area contributed by atoms with E-state index in [4.69, 9.17) is 0 Å². The van der Waals surface area contributed by atoms with E-state index in [0.717, 1.165) is 41.8 Å². The van der Waals surface area contributed by atoms with Gasteiger partial charge in [0.05, 0.1) is 0 Å². The molecule has 1 aliphatic heterocycles. The van der Waals surface area contributed by atoms with Crippen molar-refractivity contribution in [1.29, 1.82) is 0 Å². The number of benzene rings is 2. The predicted octanol–water partition coefficient (Wildman–Crippen LogP) is 3.72. The molecule has 0 aromatic heterocycles. The average Bonchev–Trinajstić information content (AvgIpc) is 2.58. The molecular formula is C18H19BrN2O. The fraction of sp³-hybridized carbons (Fsp3) is 0.278. The number of piperazine rings is 1. The number of anilines is 1. The highest BCUT2D eigenvalue weighted by atomic mass is 79.9. The zero-order valence-electron chi connectivity index (χ0n) is 12.6. The number of hydrogen-bond donors (Lipinski definition) is 0. The normalized spacial score (nSPS) is 15.0. The lowest BCUT2D eigenvalue weighted by Gasteiger charge is -2.36. The molecule has 1 heterocycles. The van der Waals surface area contributed by atoms with Gasteiger partial charge in [0.15, 0.2) is 0 Å². The minimum atomic E-state index is 0.131. The molecule has 0 aliphatic carbocycles. The fourth-order valence-electron chi connectivity index (χ4n) is 2.82. The van der Waals surface area contributed by atoms with Crippen LogP contribution in [0.1, 0.15) is 15.9 Å². The van der Waals surface area contributed by atoms with E-state index in [0.29, 0.717) is 0 Å². The third-order valence-electron chi connectivity index (χ3n) is 4.19. The van der Waals surface area contributed by atoms with Crippen molar-refractivity contribution in [2.45, 2.75) is 6.92 Å². The van der Waals surface area contributed by atoms with E-state index in [1.54, 1.807) is 0 Å². The van der Waals surface area contributed by atoms with Crippen molar-refractivity contribution in [3.63, 3.8) is 0 Å². The summed E-state index contributed by atoms with van der Waals surface area (Å²) in [6.45, 7) is 5.27. The lowest BCUT2D eigenvalue weighted by atomic mass is 10.1. The Kier molecular flexibility index (Phi) is 4.48. The summed E-state index contributed by atoms with van der Waals surface area (Å²) in [5.74, 6) is 0.131. The fourth-order valence-corrected chi connectivity index (χ4v) is 3.18. The Labute approximate surface area is 139 Å². The summed E-state index contributed by atoms with van der Waals surface area (Å²) >= 11 is 3.50. The second kappa shape index (κ2) is 6.53. The van der Waals surface area contributed by atoms with Crippen molar-refractivity contribution >= 4 is 27.5 Å². The Balaban J connectivity index is 1.69. The summed E-state index contributed by atoms with van der Waals surface area (Å²) in [5, 5.41) is 0. The molecule has 2 aromatic carbocycles. The molecule has 2 aromatic rings. The number of carbonyl (C=O) groups excluding carboxylic acids is 1. The standard InChI is InChI=1S/C18H19BrN2O/c1-14-16(8-5-9-17(14)19)18(22)21-12-10-20(11-13-21)15-6-3-2-4-7-15/h2-9H,10-13H2,1H3. The summed E-state index contributed by atoms with van der Waals surface area (Å²) in [7, 11) is 0. The summed E-state index contributed by atoms with van der Waals surface area (Å²) in [6, 6.07) is 16.2. The smallest absolute Gasteiger partial charge is 0.254 e. The van der Waals surface area contributed by atoms with Crippen LogP contribution in [0, 0.1) is 6.92 Å². The van der Waals surface area contributed by atoms with Gasteiger partial charge in [-0.1, -0.05) is 40.2 Å². The number of carbonyl (C=O) groups is 1. The third-order valence-corrected chi connectivity index (χ3v) is 5.05. The van der Waals surface area contributed by atoms with Crippen LogP contribution in [-0.4, -0.2) is 37.0 Å². The molecular weight excluding hydrogens is 340 g/mol. The highest BCUT2D eigenvalue weighted by molar-refractivity contribution is 9.10. The maximum atomic E-state index is 12.7. The van der Waals surface area contributed by atoms with E-state index in [-0.39, 0.29) is 5.91 Å². The summed E-state index contributed by atoms with van der Waals surface area (Å²) in [4.78, 5) is 17.0. The molecule has 3 rings (SSSR count). The molecule has 0 saturated carbocycles. The van der Waals surface area contributed by atoms with E-state index in [1.807, 2.05) is 36.1 Å². The van der Waals surface area contributed by atoms with Crippen molar-refractivity contribution in [2.24, 2.45) is 0 Å². The van der Waals surface area contributed by atoms with Gasteiger partial charge >= 0.3 is 0 Å². The molecule has 22 heavy (non-hydrogen) atoms. The average molecular weight is 359 g/mol. The van der Waals surface area contributed by atoms with Gasteiger partial charge in [-0.25, -0.2) is 0 Å². The topological polar surface area (TPSA) is 23.6 Å². The molecule has 0 bridgehead atoms. The van der Waals surface area contributed by atoms with Gasteiger partial charge in [0.1, 0.15) is 0 Å². The molecule has 1 aliphatic rings. The minimum Gasteiger partial charge on any atom is -0.368 e. The lowest BCUT2D eigenvalue weighted by Crippen LogP contribution is -2.48. The second-order valence-electron chi connectivity index (χ2n) is 5.53. The van der Waals surface area contributed by atoms with Crippen LogP contribution >= 0.6 is 15.9 Å². The highest BCUT2D eigenvalue weighted by Crippen LogP contribution is 2.22. The van der Waals surface area contributed by atoms with Gasteiger partial charge in [-0.2, -0.15) is 0 Å². The maximum Gasteiger partial charge on any atom is 0.254 e. The molecule has 0 atom stereocenters. The minimum absolute atomic E-state index is 0.131. The molecule has 0 radical (unpaired) electrons.